The molecule has 83 heavy (non-hydrogen) atoms. The van der Waals surface area contributed by atoms with Gasteiger partial charge in [-0.2, -0.15) is 0 Å². The van der Waals surface area contributed by atoms with Crippen LogP contribution in [-0.4, -0.2) is 115 Å². The van der Waals surface area contributed by atoms with Crippen LogP contribution in [0.4, 0.5) is 0 Å². The molecule has 2 saturated heterocycles. The summed E-state index contributed by atoms with van der Waals surface area (Å²) in [5.74, 6) is 0.718. The zero-order chi connectivity index (χ0) is 57.8. The van der Waals surface area contributed by atoms with Crippen molar-refractivity contribution in [3.8, 4) is 17.0 Å². The van der Waals surface area contributed by atoms with Gasteiger partial charge in [-0.1, -0.05) is 133 Å². The van der Waals surface area contributed by atoms with Crippen LogP contribution in [-0.2, 0) is 9.59 Å². The number of amides is 4. The van der Waals surface area contributed by atoms with Gasteiger partial charge in [0.05, 0.1) is 12.1 Å². The minimum Gasteiger partial charge on any atom is -0.451 e. The Labute approximate surface area is 492 Å². The van der Waals surface area contributed by atoms with E-state index in [2.05, 4.69) is 69.8 Å². The lowest BCUT2D eigenvalue weighted by Gasteiger charge is -2.29. The molecular formula is C68H76ClN9O5. The van der Waals surface area contributed by atoms with Gasteiger partial charge in [-0.05, 0) is 147 Å². The van der Waals surface area contributed by atoms with Crippen LogP contribution in [0.2, 0.25) is 5.02 Å². The molecule has 15 heteroatoms. The van der Waals surface area contributed by atoms with E-state index in [1.54, 1.807) is 24.3 Å². The quantitative estimate of drug-likeness (QED) is 0.0383. The van der Waals surface area contributed by atoms with Crippen molar-refractivity contribution in [2.45, 2.75) is 74.5 Å². The van der Waals surface area contributed by atoms with Gasteiger partial charge in [-0.25, -0.2) is 0 Å². The maximum Gasteiger partial charge on any atom is 0.287 e. The molecule has 4 amide bonds. The number of aromatic nitrogens is 1. The van der Waals surface area contributed by atoms with Crippen LogP contribution in [0, 0.1) is 0 Å². The van der Waals surface area contributed by atoms with Crippen molar-refractivity contribution in [3.63, 3.8) is 0 Å². The second-order valence-corrected chi connectivity index (χ2v) is 21.8. The molecule has 0 saturated carbocycles. The number of nitrogens with two attached hydrogens (primary N) is 2. The van der Waals surface area contributed by atoms with Gasteiger partial charge >= 0.3 is 0 Å². The van der Waals surface area contributed by atoms with Gasteiger partial charge in [-0.3, -0.25) is 19.2 Å². The van der Waals surface area contributed by atoms with Crippen molar-refractivity contribution in [1.82, 2.24) is 35.6 Å². The maximum absolute atomic E-state index is 13.8. The monoisotopic (exact) mass is 1130 g/mol. The van der Waals surface area contributed by atoms with E-state index in [4.69, 9.17) is 27.5 Å². The van der Waals surface area contributed by atoms with Gasteiger partial charge in [0.25, 0.3) is 11.8 Å². The van der Waals surface area contributed by atoms with Crippen molar-refractivity contribution in [3.05, 3.63) is 245 Å². The Bertz CT molecular complexity index is 3180. The zero-order valence-corrected chi connectivity index (χ0v) is 47.7. The molecule has 10 rings (SSSR count). The Morgan fingerprint density at radius 3 is 1.41 bits per heavy atom. The first kappa shape index (κ1) is 59.5. The van der Waals surface area contributed by atoms with Gasteiger partial charge in [0.1, 0.15) is 5.76 Å². The molecule has 8 aromatic rings. The predicted octanol–water partition coefficient (Wildman–Crippen LogP) is 9.80. The second kappa shape index (κ2) is 30.3. The molecule has 0 bridgehead atoms. The van der Waals surface area contributed by atoms with Crippen molar-refractivity contribution in [2.24, 2.45) is 11.5 Å². The molecule has 2 fully saturated rings. The van der Waals surface area contributed by atoms with Crippen LogP contribution in [0.1, 0.15) is 93.5 Å². The number of rotatable bonds is 22. The van der Waals surface area contributed by atoms with Crippen LogP contribution in [0.25, 0.3) is 17.0 Å². The van der Waals surface area contributed by atoms with Crippen LogP contribution < -0.4 is 32.7 Å². The lowest BCUT2D eigenvalue weighted by molar-refractivity contribution is -0.133. The Hall–Kier alpha value is -8.11. The Morgan fingerprint density at radius 1 is 0.542 bits per heavy atom. The van der Waals surface area contributed by atoms with E-state index < -0.39 is 0 Å². The Balaban J connectivity index is 0.000000200. The van der Waals surface area contributed by atoms with Crippen molar-refractivity contribution >= 4 is 35.2 Å². The fourth-order valence-electron chi connectivity index (χ4n) is 11.0. The lowest BCUT2D eigenvalue weighted by atomic mass is 9.90. The summed E-state index contributed by atoms with van der Waals surface area (Å²) in [7, 11) is 0. The number of furan rings is 1. The molecule has 0 radical (unpaired) electrons. The van der Waals surface area contributed by atoms with Crippen LogP contribution >= 0.6 is 11.6 Å². The fourth-order valence-corrected chi connectivity index (χ4v) is 11.2. The van der Waals surface area contributed by atoms with Crippen LogP contribution in [0.5, 0.6) is 0 Å². The van der Waals surface area contributed by atoms with Crippen molar-refractivity contribution < 1.29 is 23.6 Å². The molecule has 430 valence electrons. The van der Waals surface area contributed by atoms with Gasteiger partial charge in [0, 0.05) is 97.4 Å². The van der Waals surface area contributed by atoms with Crippen molar-refractivity contribution in [2.75, 3.05) is 52.4 Å². The van der Waals surface area contributed by atoms with E-state index in [9.17, 15) is 19.2 Å². The molecule has 0 spiro atoms. The summed E-state index contributed by atoms with van der Waals surface area (Å²) in [5, 5.41) is 13.8. The largest absolute Gasteiger partial charge is 0.451 e. The first-order valence-electron chi connectivity index (χ1n) is 29.0. The molecule has 4 atom stereocenters. The van der Waals surface area contributed by atoms with Gasteiger partial charge < -0.3 is 51.5 Å². The summed E-state index contributed by atoms with van der Waals surface area (Å²) >= 11 is 5.99. The first-order valence-corrected chi connectivity index (χ1v) is 29.4. The lowest BCUT2D eigenvalue weighted by Crippen LogP contribution is -2.49. The highest BCUT2D eigenvalue weighted by Crippen LogP contribution is 2.30. The summed E-state index contributed by atoms with van der Waals surface area (Å²) in [6.07, 6.45) is 8.19. The standard InChI is InChI=1S/C34H37ClN4O3.C34H39N5O2/c35-27-15-13-26(14-16-27)31-17-18-32(42-31)33(40)37-22-28-19-21-39(34(41)30(38-28)12-7-20-36)23-29(24-8-3-1-4-9-24)25-10-5-2-6-11-25;35-20-9-14-32-34(41)39(25-31(26-10-3-1-4-11-26)27-12-5-2-6-13-27)23-19-29(37-32)24-36-33(40)28-15-17-30(18-16-28)38-21-7-8-22-38/h1-6,8-11,13-18,28-30,38H,7,12,19-23,36H2,(H,37,40);1-8,10-13,15-18,21-22,29,31-32,37H,9,14,19-20,23-25,35H2,(H,36,40)/t28-,30-;29-,32-/m00/s1. The highest BCUT2D eigenvalue weighted by atomic mass is 35.5. The Morgan fingerprint density at radius 2 is 0.976 bits per heavy atom. The molecule has 8 N–H and O–H groups in total. The van der Waals surface area contributed by atoms with E-state index >= 15 is 0 Å². The van der Waals surface area contributed by atoms with Gasteiger partial charge in [0.2, 0.25) is 11.8 Å². The predicted molar refractivity (Wildman–Crippen MR) is 329 cm³/mol. The second-order valence-electron chi connectivity index (χ2n) is 21.3. The molecule has 0 unspecified atom stereocenters. The number of carbonyl (C=O) groups excluding carboxylic acids is 4. The minimum atomic E-state index is -0.370. The minimum absolute atomic E-state index is 0.0262. The number of nitrogens with one attached hydrogen (secondary N) is 4. The molecule has 2 aliphatic rings. The number of halogens is 1. The average Bonchev–Trinajstić information content (AvgIpc) is 4.37. The normalized spacial score (nSPS) is 17.4. The highest BCUT2D eigenvalue weighted by Gasteiger charge is 2.34. The summed E-state index contributed by atoms with van der Waals surface area (Å²) < 4.78 is 7.82. The molecule has 14 nitrogen and oxygen atoms in total. The van der Waals surface area contributed by atoms with Gasteiger partial charge in [0.15, 0.2) is 5.76 Å². The van der Waals surface area contributed by atoms with E-state index in [0.717, 1.165) is 30.5 Å². The van der Waals surface area contributed by atoms with E-state index in [0.29, 0.717) is 88.0 Å². The number of carbonyl (C=O) groups is 4. The molecule has 2 aromatic heterocycles. The molecular weight excluding hydrogens is 1060 g/mol. The maximum atomic E-state index is 13.8. The van der Waals surface area contributed by atoms with Crippen molar-refractivity contribution in [1.29, 1.82) is 0 Å². The smallest absolute Gasteiger partial charge is 0.287 e. The van der Waals surface area contributed by atoms with E-state index in [1.807, 2.05) is 148 Å². The van der Waals surface area contributed by atoms with Crippen LogP contribution in [0.15, 0.2) is 211 Å². The first-order chi connectivity index (χ1) is 40.6. The summed E-state index contributed by atoms with van der Waals surface area (Å²) in [5.41, 5.74) is 18.8. The van der Waals surface area contributed by atoms with E-state index in [1.165, 1.54) is 22.3 Å². The highest BCUT2D eigenvalue weighted by molar-refractivity contribution is 6.30. The average molecular weight is 1130 g/mol. The number of hydrogen-bond acceptors (Lipinski definition) is 9. The van der Waals surface area contributed by atoms with Crippen LogP contribution in [0.3, 0.4) is 0 Å². The summed E-state index contributed by atoms with van der Waals surface area (Å²) in [6.45, 7) is 4.24. The fraction of sp³-hybridized carbons (Fsp3) is 0.294. The molecule has 2 aliphatic heterocycles. The molecule has 6 aromatic carbocycles. The number of hydrogen-bond donors (Lipinski definition) is 6. The topological polar surface area (TPSA) is 193 Å². The summed E-state index contributed by atoms with van der Waals surface area (Å²) in [6, 6.07) is 62.8. The third kappa shape index (κ3) is 16.6. The third-order valence-corrected chi connectivity index (χ3v) is 15.9. The Kier molecular flexibility index (Phi) is 21.7. The summed E-state index contributed by atoms with van der Waals surface area (Å²) in [4.78, 5) is 57.6. The third-order valence-electron chi connectivity index (χ3n) is 15.6. The zero-order valence-electron chi connectivity index (χ0n) is 46.9. The molecule has 0 aliphatic carbocycles. The number of nitrogens with zero attached hydrogens (tertiary/aromatic N) is 3. The van der Waals surface area contributed by atoms with Gasteiger partial charge in [-0.15, -0.1) is 0 Å². The SMILES string of the molecule is NCCC[C@@H]1N[C@H](CNC(=O)c2ccc(-c3ccc(Cl)cc3)o2)CCN(CC(c2ccccc2)c2ccccc2)C1=O.NCCC[C@@H]1N[C@H](CNC(=O)c2ccc(-n3cccc3)cc2)CCN(CC(c2ccccc2)c2ccccc2)C1=O. The molecule has 4 heterocycles. The van der Waals surface area contributed by atoms with E-state index in [-0.39, 0.29) is 65.4 Å². The number of benzene rings is 6.